The lowest BCUT2D eigenvalue weighted by atomic mass is 9.83. The number of nitrogens with two attached hydrogens (primary N) is 2. The molecule has 4 N–H and O–H groups in total. The van der Waals surface area contributed by atoms with E-state index in [4.69, 9.17) is 11.5 Å². The molecule has 3 rings (SSSR count). The van der Waals surface area contributed by atoms with Crippen LogP contribution in [0.2, 0.25) is 0 Å². The molecule has 1 heterocycles. The Kier molecular flexibility index (Phi) is 2.32. The van der Waals surface area contributed by atoms with Gasteiger partial charge in [0.25, 0.3) is 0 Å². The Morgan fingerprint density at radius 1 is 1.19 bits per heavy atom. The van der Waals surface area contributed by atoms with E-state index in [1.165, 1.54) is 36.9 Å². The highest BCUT2D eigenvalue weighted by Gasteiger charge is 2.33. The van der Waals surface area contributed by atoms with Gasteiger partial charge in [-0.05, 0) is 50.1 Å². The fraction of sp³-hybridized carbons (Fsp3) is 0.667. The summed E-state index contributed by atoms with van der Waals surface area (Å²) < 4.78 is 0. The molecule has 0 bridgehead atoms. The van der Waals surface area contributed by atoms with E-state index in [9.17, 15) is 0 Å². The lowest BCUT2D eigenvalue weighted by Crippen LogP contribution is -2.22. The molecule has 0 saturated heterocycles. The van der Waals surface area contributed by atoms with Gasteiger partial charge < -0.3 is 11.5 Å². The predicted molar refractivity (Wildman–Crippen MR) is 63.2 cm³/mol. The fourth-order valence-corrected chi connectivity index (χ4v) is 2.75. The minimum atomic E-state index is 0.443. The van der Waals surface area contributed by atoms with Crippen LogP contribution in [0.3, 0.4) is 0 Å². The first kappa shape index (κ1) is 10.0. The quantitative estimate of drug-likeness (QED) is 0.784. The molecule has 1 aromatic rings. The van der Waals surface area contributed by atoms with Crippen LogP contribution in [-0.2, 0) is 6.42 Å². The highest BCUT2D eigenvalue weighted by molar-refractivity contribution is 5.40. The Hall–Kier alpha value is -1.16. The van der Waals surface area contributed by atoms with Crippen LogP contribution in [0.1, 0.15) is 54.5 Å². The number of aromatic nitrogens is 2. The van der Waals surface area contributed by atoms with Gasteiger partial charge in [-0.25, -0.2) is 9.97 Å². The summed E-state index contributed by atoms with van der Waals surface area (Å²) in [6.07, 6.45) is 5.89. The van der Waals surface area contributed by atoms with Gasteiger partial charge in [-0.15, -0.1) is 0 Å². The van der Waals surface area contributed by atoms with E-state index in [2.05, 4.69) is 9.97 Å². The molecule has 1 atom stereocenters. The van der Waals surface area contributed by atoms with Crippen molar-refractivity contribution in [1.29, 1.82) is 0 Å². The molecule has 4 nitrogen and oxygen atoms in total. The van der Waals surface area contributed by atoms with E-state index in [-0.39, 0.29) is 0 Å². The molecule has 0 aliphatic heterocycles. The van der Waals surface area contributed by atoms with E-state index >= 15 is 0 Å². The summed E-state index contributed by atoms with van der Waals surface area (Å²) in [5, 5.41) is 0. The minimum absolute atomic E-state index is 0.443. The van der Waals surface area contributed by atoms with Crippen LogP contribution in [0.5, 0.6) is 0 Å². The normalized spacial score (nSPS) is 24.2. The van der Waals surface area contributed by atoms with Gasteiger partial charge in [0, 0.05) is 11.6 Å². The summed E-state index contributed by atoms with van der Waals surface area (Å²) in [5.41, 5.74) is 15.3. The number of nitrogen functional groups attached to an aromatic ring is 1. The van der Waals surface area contributed by atoms with Crippen molar-refractivity contribution in [3.05, 3.63) is 17.0 Å². The minimum Gasteiger partial charge on any atom is -0.368 e. The van der Waals surface area contributed by atoms with Crippen LogP contribution in [-0.4, -0.2) is 16.5 Å². The zero-order valence-electron chi connectivity index (χ0n) is 9.45. The standard InChI is InChI=1S/C12H18N4/c13-6-8-2-1-3-9-10(8)11(7-4-5-7)16-12(14)15-9/h7-8H,1-6,13H2,(H2,14,15,16). The smallest absolute Gasteiger partial charge is 0.220 e. The Morgan fingerprint density at radius 2 is 2.00 bits per heavy atom. The van der Waals surface area contributed by atoms with Gasteiger partial charge >= 0.3 is 0 Å². The van der Waals surface area contributed by atoms with Gasteiger partial charge in [0.05, 0.1) is 5.69 Å². The number of aryl methyl sites for hydroxylation is 1. The third kappa shape index (κ3) is 1.57. The van der Waals surface area contributed by atoms with Gasteiger partial charge in [-0.2, -0.15) is 0 Å². The van der Waals surface area contributed by atoms with Crippen LogP contribution < -0.4 is 11.5 Å². The van der Waals surface area contributed by atoms with E-state index in [0.29, 0.717) is 24.3 Å². The third-order valence-corrected chi connectivity index (χ3v) is 3.69. The van der Waals surface area contributed by atoms with Crippen LogP contribution in [0, 0.1) is 0 Å². The van der Waals surface area contributed by atoms with Crippen LogP contribution in [0.25, 0.3) is 0 Å². The molecule has 0 radical (unpaired) electrons. The summed E-state index contributed by atoms with van der Waals surface area (Å²) >= 11 is 0. The number of rotatable bonds is 2. The monoisotopic (exact) mass is 218 g/mol. The number of hydrogen-bond donors (Lipinski definition) is 2. The molecule has 0 spiro atoms. The SMILES string of the molecule is NCC1CCCc2nc(N)nc(C3CC3)c21. The second kappa shape index (κ2) is 3.70. The molecule has 2 aliphatic rings. The van der Waals surface area contributed by atoms with E-state index in [0.717, 1.165) is 12.1 Å². The first-order chi connectivity index (χ1) is 7.79. The van der Waals surface area contributed by atoms with E-state index in [1.54, 1.807) is 0 Å². The summed E-state index contributed by atoms with van der Waals surface area (Å²) in [5.74, 6) is 1.53. The lowest BCUT2D eigenvalue weighted by molar-refractivity contribution is 0.541. The molecule has 1 aromatic heterocycles. The molecule has 2 aliphatic carbocycles. The van der Waals surface area contributed by atoms with Gasteiger partial charge in [0.15, 0.2) is 0 Å². The number of anilines is 1. The molecule has 86 valence electrons. The molecule has 0 aromatic carbocycles. The maximum atomic E-state index is 5.86. The molecule has 0 amide bonds. The van der Waals surface area contributed by atoms with Crippen molar-refractivity contribution in [2.24, 2.45) is 5.73 Å². The van der Waals surface area contributed by atoms with Crippen LogP contribution >= 0.6 is 0 Å². The zero-order chi connectivity index (χ0) is 11.1. The Morgan fingerprint density at radius 3 is 2.69 bits per heavy atom. The van der Waals surface area contributed by atoms with Gasteiger partial charge in [-0.1, -0.05) is 0 Å². The van der Waals surface area contributed by atoms with Crippen molar-refractivity contribution in [1.82, 2.24) is 9.97 Å². The van der Waals surface area contributed by atoms with Crippen molar-refractivity contribution < 1.29 is 0 Å². The second-order valence-electron chi connectivity index (χ2n) is 4.93. The number of nitrogens with zero attached hydrogens (tertiary/aromatic N) is 2. The van der Waals surface area contributed by atoms with Crippen molar-refractivity contribution in [3.8, 4) is 0 Å². The summed E-state index contributed by atoms with van der Waals surface area (Å²) in [6, 6.07) is 0. The fourth-order valence-electron chi connectivity index (χ4n) is 2.75. The summed E-state index contributed by atoms with van der Waals surface area (Å²) in [6.45, 7) is 0.708. The first-order valence-corrected chi connectivity index (χ1v) is 6.16. The van der Waals surface area contributed by atoms with Crippen molar-refractivity contribution in [2.45, 2.75) is 43.9 Å². The lowest BCUT2D eigenvalue weighted by Gasteiger charge is -2.25. The zero-order valence-corrected chi connectivity index (χ0v) is 9.45. The molecule has 1 unspecified atom stereocenters. The highest BCUT2D eigenvalue weighted by Crippen LogP contribution is 2.45. The topological polar surface area (TPSA) is 77.8 Å². The predicted octanol–water partition coefficient (Wildman–Crippen LogP) is 1.31. The van der Waals surface area contributed by atoms with E-state index < -0.39 is 0 Å². The Balaban J connectivity index is 2.12. The maximum absolute atomic E-state index is 5.86. The summed E-state index contributed by atoms with van der Waals surface area (Å²) in [4.78, 5) is 8.85. The van der Waals surface area contributed by atoms with Crippen LogP contribution in [0.15, 0.2) is 0 Å². The van der Waals surface area contributed by atoms with Crippen molar-refractivity contribution in [3.63, 3.8) is 0 Å². The molecule has 16 heavy (non-hydrogen) atoms. The first-order valence-electron chi connectivity index (χ1n) is 6.16. The highest BCUT2D eigenvalue weighted by atomic mass is 15.0. The third-order valence-electron chi connectivity index (χ3n) is 3.69. The van der Waals surface area contributed by atoms with Gasteiger partial charge in [-0.3, -0.25) is 0 Å². The molecule has 1 fully saturated rings. The number of hydrogen-bond acceptors (Lipinski definition) is 4. The Labute approximate surface area is 95.5 Å². The summed E-state index contributed by atoms with van der Waals surface area (Å²) in [7, 11) is 0. The van der Waals surface area contributed by atoms with Crippen molar-refractivity contribution >= 4 is 5.95 Å². The van der Waals surface area contributed by atoms with Crippen molar-refractivity contribution in [2.75, 3.05) is 12.3 Å². The molecular formula is C12H18N4. The molecule has 4 heteroatoms. The largest absolute Gasteiger partial charge is 0.368 e. The van der Waals surface area contributed by atoms with Gasteiger partial charge in [0.1, 0.15) is 0 Å². The second-order valence-corrected chi connectivity index (χ2v) is 4.93. The molecular weight excluding hydrogens is 200 g/mol. The van der Waals surface area contributed by atoms with E-state index in [1.807, 2.05) is 0 Å². The number of fused-ring (bicyclic) bond motifs is 1. The molecule has 1 saturated carbocycles. The van der Waals surface area contributed by atoms with Crippen LogP contribution in [0.4, 0.5) is 5.95 Å². The average molecular weight is 218 g/mol. The maximum Gasteiger partial charge on any atom is 0.220 e. The average Bonchev–Trinajstić information content (AvgIpc) is 3.10. The Bertz CT molecular complexity index is 412. The van der Waals surface area contributed by atoms with Gasteiger partial charge in [0.2, 0.25) is 5.95 Å².